The summed E-state index contributed by atoms with van der Waals surface area (Å²) in [6.45, 7) is 0. The number of aryl methyl sites for hydroxylation is 1. The fourth-order valence-electron chi connectivity index (χ4n) is 9.22. The molecule has 55 heavy (non-hydrogen) atoms. The van der Waals surface area contributed by atoms with Crippen molar-refractivity contribution in [1.29, 1.82) is 0 Å². The number of nitrogens with zero attached hydrogens (tertiary/aromatic N) is 1. The van der Waals surface area contributed by atoms with Crippen molar-refractivity contribution >= 4 is 32.8 Å². The molecule has 0 heterocycles. The Morgan fingerprint density at radius 3 is 1.91 bits per heavy atom. The molecule has 8 aromatic carbocycles. The van der Waals surface area contributed by atoms with E-state index < -0.39 is 0 Å². The van der Waals surface area contributed by atoms with Gasteiger partial charge in [-0.15, -0.1) is 0 Å². The first kappa shape index (κ1) is 33.2. The summed E-state index contributed by atoms with van der Waals surface area (Å²) < 4.78 is 0. The van der Waals surface area contributed by atoms with Crippen molar-refractivity contribution in [2.45, 2.75) is 38.1 Å². The highest BCUT2D eigenvalue weighted by atomic mass is 15.2. The first-order valence-electron chi connectivity index (χ1n) is 19.8. The van der Waals surface area contributed by atoms with Gasteiger partial charge in [-0.05, 0) is 134 Å². The van der Waals surface area contributed by atoms with Crippen molar-refractivity contribution in [2.24, 2.45) is 0 Å². The van der Waals surface area contributed by atoms with Crippen LogP contribution >= 0.6 is 0 Å². The van der Waals surface area contributed by atoms with Crippen LogP contribution in [0.25, 0.3) is 60.5 Å². The third-order valence-electron chi connectivity index (χ3n) is 11.9. The van der Waals surface area contributed by atoms with E-state index in [1.165, 1.54) is 95.0 Å². The molecule has 8 aromatic rings. The van der Waals surface area contributed by atoms with Crippen LogP contribution in [0.4, 0.5) is 5.69 Å². The largest absolute Gasteiger partial charge is 0.338 e. The Hall–Kier alpha value is -6.44. The maximum Gasteiger partial charge on any atom is 0.0591 e. The molecule has 0 spiro atoms. The summed E-state index contributed by atoms with van der Waals surface area (Å²) in [4.78, 5) is 2.66. The lowest BCUT2D eigenvalue weighted by Crippen LogP contribution is -2.31. The van der Waals surface area contributed by atoms with E-state index in [0.717, 1.165) is 25.7 Å². The second-order valence-electron chi connectivity index (χ2n) is 15.1. The maximum atomic E-state index is 2.66. The fourth-order valence-corrected chi connectivity index (χ4v) is 9.22. The molecule has 0 N–H and O–H groups in total. The Morgan fingerprint density at radius 2 is 1.09 bits per heavy atom. The van der Waals surface area contributed by atoms with Gasteiger partial charge in [-0.2, -0.15) is 0 Å². The predicted molar refractivity (Wildman–Crippen MR) is 234 cm³/mol. The molecule has 264 valence electrons. The number of fused-ring (bicyclic) bond motifs is 3. The SMILES string of the molecule is C1=C(c2cccc3ccccc23)CCC(N(c2ccc(-c3cccc(-c4cccc5cccc(-c6ccccc6)c45)c3)cc2)C2CCCc3ccccc32)=C1. The highest BCUT2D eigenvalue weighted by molar-refractivity contribution is 6.06. The standard InChI is InChI=1S/C54H43N/c1-2-13-41(14-3-1)51-26-10-19-43-20-11-27-52(54(43)51)45-22-8-21-44(37-45)38-29-33-46(34-30-38)55(53-28-12-18-40-16-5-7-24-50(40)53)47-35-31-42(32-36-47)49-25-9-17-39-15-4-6-23-48(39)49/h1-11,13-17,19-27,29-31,33-35,37,53H,12,18,28,32,36H2. The minimum Gasteiger partial charge on any atom is -0.338 e. The molecule has 1 nitrogen and oxygen atoms in total. The molecule has 0 aromatic heterocycles. The van der Waals surface area contributed by atoms with E-state index in [9.17, 15) is 0 Å². The second-order valence-corrected chi connectivity index (χ2v) is 15.1. The van der Waals surface area contributed by atoms with Gasteiger partial charge >= 0.3 is 0 Å². The van der Waals surface area contributed by atoms with E-state index in [1.807, 2.05) is 0 Å². The van der Waals surface area contributed by atoms with Crippen molar-refractivity contribution in [3.8, 4) is 33.4 Å². The Kier molecular flexibility index (Phi) is 8.69. The van der Waals surface area contributed by atoms with Gasteiger partial charge in [0, 0.05) is 11.4 Å². The maximum absolute atomic E-state index is 2.66. The molecule has 0 amide bonds. The highest BCUT2D eigenvalue weighted by Crippen LogP contribution is 2.44. The average molecular weight is 706 g/mol. The molecular weight excluding hydrogens is 663 g/mol. The normalized spacial score (nSPS) is 15.3. The van der Waals surface area contributed by atoms with Crippen LogP contribution in [0.5, 0.6) is 0 Å². The number of hydrogen-bond donors (Lipinski definition) is 0. The molecule has 0 saturated carbocycles. The Labute approximate surface area is 324 Å². The molecule has 0 bridgehead atoms. The van der Waals surface area contributed by atoms with Crippen LogP contribution in [-0.4, -0.2) is 0 Å². The number of rotatable bonds is 7. The summed E-state index contributed by atoms with van der Waals surface area (Å²) in [6.07, 6.45) is 10.3. The number of hydrogen-bond acceptors (Lipinski definition) is 1. The van der Waals surface area contributed by atoms with Crippen LogP contribution in [0, 0.1) is 0 Å². The van der Waals surface area contributed by atoms with Gasteiger partial charge in [0.25, 0.3) is 0 Å². The Bertz CT molecular complexity index is 2720. The third kappa shape index (κ3) is 6.26. The Morgan fingerprint density at radius 1 is 0.436 bits per heavy atom. The molecule has 10 rings (SSSR count). The van der Waals surface area contributed by atoms with Crippen molar-refractivity contribution in [2.75, 3.05) is 4.90 Å². The van der Waals surface area contributed by atoms with Gasteiger partial charge in [-0.1, -0.05) is 170 Å². The van der Waals surface area contributed by atoms with Crippen LogP contribution in [0.15, 0.2) is 200 Å². The molecule has 1 atom stereocenters. The van der Waals surface area contributed by atoms with E-state index in [1.54, 1.807) is 0 Å². The molecule has 0 saturated heterocycles. The number of benzene rings is 8. The minimum absolute atomic E-state index is 0.308. The first-order valence-corrected chi connectivity index (χ1v) is 19.8. The summed E-state index contributed by atoms with van der Waals surface area (Å²) in [5.41, 5.74) is 15.9. The summed E-state index contributed by atoms with van der Waals surface area (Å²) in [7, 11) is 0. The van der Waals surface area contributed by atoms with E-state index in [2.05, 4.69) is 199 Å². The quantitative estimate of drug-likeness (QED) is 0.160. The van der Waals surface area contributed by atoms with Crippen LogP contribution in [0.3, 0.4) is 0 Å². The van der Waals surface area contributed by atoms with Gasteiger partial charge in [0.15, 0.2) is 0 Å². The van der Waals surface area contributed by atoms with E-state index >= 15 is 0 Å². The van der Waals surface area contributed by atoms with Crippen LogP contribution < -0.4 is 4.90 Å². The first-order chi connectivity index (χ1) is 27.3. The second kappa shape index (κ2) is 14.4. The van der Waals surface area contributed by atoms with Crippen molar-refractivity contribution in [1.82, 2.24) is 0 Å². The summed E-state index contributed by atoms with van der Waals surface area (Å²) >= 11 is 0. The van der Waals surface area contributed by atoms with Crippen LogP contribution in [-0.2, 0) is 6.42 Å². The summed E-state index contributed by atoms with van der Waals surface area (Å²) in [6, 6.07) is 67.5. The van der Waals surface area contributed by atoms with Gasteiger partial charge in [-0.3, -0.25) is 0 Å². The third-order valence-corrected chi connectivity index (χ3v) is 11.9. The van der Waals surface area contributed by atoms with Crippen LogP contribution in [0.1, 0.15) is 48.4 Å². The van der Waals surface area contributed by atoms with E-state index in [4.69, 9.17) is 0 Å². The van der Waals surface area contributed by atoms with Crippen molar-refractivity contribution < 1.29 is 0 Å². The summed E-state index contributed by atoms with van der Waals surface area (Å²) in [5.74, 6) is 0. The number of allylic oxidation sites excluding steroid dienone is 4. The van der Waals surface area contributed by atoms with Gasteiger partial charge in [-0.25, -0.2) is 0 Å². The zero-order valence-corrected chi connectivity index (χ0v) is 31.0. The number of anilines is 1. The molecule has 0 radical (unpaired) electrons. The zero-order valence-electron chi connectivity index (χ0n) is 31.0. The topological polar surface area (TPSA) is 3.24 Å². The van der Waals surface area contributed by atoms with Gasteiger partial charge in [0.1, 0.15) is 0 Å². The lowest BCUT2D eigenvalue weighted by atomic mass is 9.85. The molecule has 2 aliphatic rings. The molecule has 1 unspecified atom stereocenters. The lowest BCUT2D eigenvalue weighted by Gasteiger charge is -2.40. The smallest absolute Gasteiger partial charge is 0.0591 e. The average Bonchev–Trinajstić information content (AvgIpc) is 3.27. The monoisotopic (exact) mass is 705 g/mol. The molecule has 0 fully saturated rings. The van der Waals surface area contributed by atoms with E-state index in [-0.39, 0.29) is 0 Å². The predicted octanol–water partition coefficient (Wildman–Crippen LogP) is 14.6. The highest BCUT2D eigenvalue weighted by Gasteiger charge is 2.29. The minimum atomic E-state index is 0.308. The zero-order chi connectivity index (χ0) is 36.6. The van der Waals surface area contributed by atoms with Gasteiger partial charge in [0.2, 0.25) is 0 Å². The Balaban J connectivity index is 1.02. The van der Waals surface area contributed by atoms with Crippen molar-refractivity contribution in [3.63, 3.8) is 0 Å². The molecule has 1 heteroatoms. The van der Waals surface area contributed by atoms with Gasteiger partial charge in [0.05, 0.1) is 6.04 Å². The molecule has 0 aliphatic heterocycles. The van der Waals surface area contributed by atoms with E-state index in [0.29, 0.717) is 6.04 Å². The summed E-state index contributed by atoms with van der Waals surface area (Å²) in [5, 5.41) is 5.19. The van der Waals surface area contributed by atoms with Gasteiger partial charge < -0.3 is 4.90 Å². The fraction of sp³-hybridized carbons (Fsp3) is 0.111. The lowest BCUT2D eigenvalue weighted by molar-refractivity contribution is 0.540. The van der Waals surface area contributed by atoms with Crippen molar-refractivity contribution in [3.05, 3.63) is 217 Å². The molecule has 2 aliphatic carbocycles. The van der Waals surface area contributed by atoms with Crippen LogP contribution in [0.2, 0.25) is 0 Å². The molecular formula is C54H43N.